The van der Waals surface area contributed by atoms with Crippen molar-refractivity contribution in [3.63, 3.8) is 0 Å². The van der Waals surface area contributed by atoms with Gasteiger partial charge >= 0.3 is 12.3 Å². The van der Waals surface area contributed by atoms with Crippen LogP contribution in [0.25, 0.3) is 5.57 Å². The van der Waals surface area contributed by atoms with Crippen molar-refractivity contribution >= 4 is 23.3 Å². The Morgan fingerprint density at radius 1 is 1.15 bits per heavy atom. The van der Waals surface area contributed by atoms with Crippen LogP contribution in [0.1, 0.15) is 80.9 Å². The summed E-state index contributed by atoms with van der Waals surface area (Å²) in [4.78, 5) is 28.9. The molecule has 9 heteroatoms. The van der Waals surface area contributed by atoms with E-state index in [9.17, 15) is 22.8 Å². The van der Waals surface area contributed by atoms with E-state index in [1.807, 2.05) is 19.1 Å². The molecule has 0 saturated carbocycles. The summed E-state index contributed by atoms with van der Waals surface area (Å²) in [6, 6.07) is 7.40. The largest absolute Gasteiger partial charge is 0.496 e. The van der Waals surface area contributed by atoms with E-state index in [4.69, 9.17) is 9.47 Å². The van der Waals surface area contributed by atoms with Gasteiger partial charge in [-0.05, 0) is 91.5 Å². The molecule has 2 aromatic carbocycles. The number of carbonyl (C=O) groups is 2. The first-order valence-corrected chi connectivity index (χ1v) is 14.0. The summed E-state index contributed by atoms with van der Waals surface area (Å²) in [6.07, 6.45) is -2.65. The predicted octanol–water partition coefficient (Wildman–Crippen LogP) is 7.48. The number of cyclic esters (lactones) is 1. The Labute approximate surface area is 239 Å². The second-order valence-electron chi connectivity index (χ2n) is 12.3. The molecule has 41 heavy (non-hydrogen) atoms. The fourth-order valence-electron chi connectivity index (χ4n) is 6.54. The molecule has 2 aliphatic heterocycles. The number of hydrogen-bond acceptors (Lipinski definition) is 4. The number of fused-ring (bicyclic) bond motifs is 1. The Hall–Kier alpha value is -3.49. The number of anilines is 1. The van der Waals surface area contributed by atoms with Crippen LogP contribution in [0.2, 0.25) is 0 Å². The number of allylic oxidation sites excluding steroid dienone is 1. The van der Waals surface area contributed by atoms with Crippen molar-refractivity contribution < 1.29 is 32.2 Å². The number of benzene rings is 2. The maximum atomic E-state index is 13.5. The summed E-state index contributed by atoms with van der Waals surface area (Å²) in [7, 11) is 1.64. The van der Waals surface area contributed by atoms with E-state index >= 15 is 0 Å². The topological polar surface area (TPSA) is 59.1 Å². The van der Waals surface area contributed by atoms with Gasteiger partial charge in [0.15, 0.2) is 0 Å². The minimum absolute atomic E-state index is 0.00135. The third-order valence-corrected chi connectivity index (χ3v) is 8.68. The predicted molar refractivity (Wildman–Crippen MR) is 151 cm³/mol. The minimum Gasteiger partial charge on any atom is -0.496 e. The maximum absolute atomic E-state index is 13.5. The number of methoxy groups -OCH3 is 1. The lowest BCUT2D eigenvalue weighted by Gasteiger charge is -2.36. The van der Waals surface area contributed by atoms with Gasteiger partial charge in [0, 0.05) is 31.3 Å². The average molecular weight is 571 g/mol. The third kappa shape index (κ3) is 5.55. The molecular formula is C32H37F3N2O4. The summed E-state index contributed by atoms with van der Waals surface area (Å²) in [5.74, 6) is 0.721. The van der Waals surface area contributed by atoms with E-state index in [0.717, 1.165) is 71.5 Å². The molecule has 1 saturated heterocycles. The van der Waals surface area contributed by atoms with Crippen LogP contribution in [0.3, 0.4) is 0 Å². The summed E-state index contributed by atoms with van der Waals surface area (Å²) >= 11 is 0. The molecule has 3 aliphatic rings. The number of carbonyl (C=O) groups excluding carboxylic acids is 2. The molecule has 6 nitrogen and oxygen atoms in total. The Kier molecular flexibility index (Phi) is 7.37. The monoisotopic (exact) mass is 570 g/mol. The molecule has 1 fully saturated rings. The first-order valence-electron chi connectivity index (χ1n) is 14.0. The second kappa shape index (κ2) is 10.4. The molecule has 220 valence electrons. The number of aryl methyl sites for hydroxylation is 1. The Morgan fingerprint density at radius 2 is 1.88 bits per heavy atom. The molecule has 0 N–H and O–H groups in total. The average Bonchev–Trinajstić information content (AvgIpc) is 3.42. The van der Waals surface area contributed by atoms with Crippen LogP contribution < -0.4 is 9.64 Å². The molecule has 0 radical (unpaired) electrons. The molecule has 5 rings (SSSR count). The van der Waals surface area contributed by atoms with Gasteiger partial charge in [0.1, 0.15) is 11.9 Å². The van der Waals surface area contributed by atoms with E-state index in [1.165, 1.54) is 0 Å². The smallest absolute Gasteiger partial charge is 0.416 e. The molecule has 2 amide bonds. The summed E-state index contributed by atoms with van der Waals surface area (Å²) in [6.45, 7) is 10.3. The molecule has 2 heterocycles. The van der Waals surface area contributed by atoms with Crippen LogP contribution in [-0.2, 0) is 22.1 Å². The Bertz CT molecular complexity index is 1430. The highest BCUT2D eigenvalue weighted by molar-refractivity contribution is 5.95. The minimum atomic E-state index is -4.49. The van der Waals surface area contributed by atoms with Gasteiger partial charge in [-0.2, -0.15) is 13.2 Å². The van der Waals surface area contributed by atoms with Crippen molar-refractivity contribution in [3.05, 3.63) is 63.7 Å². The summed E-state index contributed by atoms with van der Waals surface area (Å²) < 4.78 is 52.1. The zero-order chi connectivity index (χ0) is 29.9. The second-order valence-corrected chi connectivity index (χ2v) is 12.3. The fourth-order valence-corrected chi connectivity index (χ4v) is 6.54. The van der Waals surface area contributed by atoms with Crippen LogP contribution in [0.4, 0.5) is 23.7 Å². The number of amides is 2. The molecular weight excluding hydrogens is 533 g/mol. The van der Waals surface area contributed by atoms with E-state index in [2.05, 4.69) is 13.8 Å². The molecule has 0 bridgehead atoms. The molecule has 2 atom stereocenters. The molecule has 0 aromatic heterocycles. The fraction of sp³-hybridized carbons (Fsp3) is 0.500. The van der Waals surface area contributed by atoms with Crippen LogP contribution in [0.5, 0.6) is 5.75 Å². The lowest BCUT2D eigenvalue weighted by molar-refractivity contribution is -0.137. The van der Waals surface area contributed by atoms with Gasteiger partial charge in [0.05, 0.1) is 18.7 Å². The van der Waals surface area contributed by atoms with E-state index < -0.39 is 30.0 Å². The molecule has 0 spiro atoms. The zero-order valence-corrected chi connectivity index (χ0v) is 24.4. The first-order chi connectivity index (χ1) is 19.2. The van der Waals surface area contributed by atoms with Gasteiger partial charge in [-0.25, -0.2) is 4.79 Å². The number of alkyl halides is 3. The van der Waals surface area contributed by atoms with Gasteiger partial charge in [-0.15, -0.1) is 0 Å². The van der Waals surface area contributed by atoms with E-state index in [-0.39, 0.29) is 11.3 Å². The van der Waals surface area contributed by atoms with Gasteiger partial charge in [-0.3, -0.25) is 9.69 Å². The third-order valence-electron chi connectivity index (χ3n) is 8.68. The quantitative estimate of drug-likeness (QED) is 0.374. The number of halogens is 3. The van der Waals surface area contributed by atoms with Crippen molar-refractivity contribution in [2.24, 2.45) is 5.41 Å². The van der Waals surface area contributed by atoms with Crippen LogP contribution in [0.15, 0.2) is 35.9 Å². The molecule has 1 aliphatic carbocycles. The summed E-state index contributed by atoms with van der Waals surface area (Å²) in [5, 5.41) is 0. The van der Waals surface area contributed by atoms with Gasteiger partial charge in [-0.1, -0.05) is 25.5 Å². The van der Waals surface area contributed by atoms with Crippen molar-refractivity contribution in [2.45, 2.75) is 78.6 Å². The normalized spacial score (nSPS) is 22.2. The number of nitrogens with zero attached hydrogens (tertiary/aromatic N) is 2. The highest BCUT2D eigenvalue weighted by atomic mass is 19.4. The zero-order valence-electron chi connectivity index (χ0n) is 24.4. The standard InChI is InChI=1S/C32H37F3N2O4/c1-18-11-22(13-24(12-18)32(33,34)35)29-19(2)37(30(39)41-29)17-23-16-31(4,5)9-7-25(23)26-15-27-21(14-28(26)40-6)8-10-36(27)20(3)38/h11-15,19,29H,7-10,16-17H2,1-6H3/t19-,29-/m0/s1. The number of ether oxygens (including phenoxy) is 2. The molecule has 0 unspecified atom stereocenters. The van der Waals surface area contributed by atoms with Crippen molar-refractivity contribution in [1.29, 1.82) is 0 Å². The lowest BCUT2D eigenvalue weighted by Crippen LogP contribution is -2.35. The van der Waals surface area contributed by atoms with Crippen molar-refractivity contribution in [2.75, 3.05) is 25.1 Å². The highest BCUT2D eigenvalue weighted by Crippen LogP contribution is 2.48. The first kappa shape index (κ1) is 29.0. The Balaban J connectivity index is 1.52. The number of rotatable bonds is 5. The maximum Gasteiger partial charge on any atom is 0.416 e. The van der Waals surface area contributed by atoms with Gasteiger partial charge in [0.2, 0.25) is 5.91 Å². The van der Waals surface area contributed by atoms with Crippen molar-refractivity contribution in [3.8, 4) is 5.75 Å². The van der Waals surface area contributed by atoms with Gasteiger partial charge < -0.3 is 14.4 Å². The number of hydrogen-bond donors (Lipinski definition) is 0. The van der Waals surface area contributed by atoms with Crippen LogP contribution in [-0.4, -0.2) is 43.1 Å². The Morgan fingerprint density at radius 3 is 2.54 bits per heavy atom. The van der Waals surface area contributed by atoms with Crippen LogP contribution in [0, 0.1) is 12.3 Å². The SMILES string of the molecule is COc1cc2c(cc1C1=C(CN3C(=O)O[C@H](c4cc(C)cc(C(F)(F)F)c4)[C@@H]3C)CC(C)(C)CC1)N(C(C)=O)CC2. The van der Waals surface area contributed by atoms with Crippen LogP contribution >= 0.6 is 0 Å². The van der Waals surface area contributed by atoms with Gasteiger partial charge in [0.25, 0.3) is 0 Å². The summed E-state index contributed by atoms with van der Waals surface area (Å²) in [5.41, 5.74) is 5.05. The highest BCUT2D eigenvalue weighted by Gasteiger charge is 2.42. The lowest BCUT2D eigenvalue weighted by atomic mass is 9.72. The van der Waals surface area contributed by atoms with E-state index in [0.29, 0.717) is 24.2 Å². The molecule has 2 aromatic rings. The van der Waals surface area contributed by atoms with E-state index in [1.54, 1.807) is 36.8 Å². The van der Waals surface area contributed by atoms with Crippen molar-refractivity contribution in [1.82, 2.24) is 4.90 Å².